The van der Waals surface area contributed by atoms with E-state index in [1.807, 2.05) is 50.2 Å². The Morgan fingerprint density at radius 3 is 2.52 bits per heavy atom. The number of anilines is 1. The Morgan fingerprint density at radius 1 is 1.07 bits per heavy atom. The molecule has 0 saturated carbocycles. The van der Waals surface area contributed by atoms with Gasteiger partial charge in [0.2, 0.25) is 11.8 Å². The van der Waals surface area contributed by atoms with Crippen molar-refractivity contribution in [2.24, 2.45) is 0 Å². The largest absolute Gasteiger partial charge is 0.371 e. The Kier molecular flexibility index (Phi) is 7.17. The van der Waals surface area contributed by atoms with Crippen molar-refractivity contribution >= 4 is 28.3 Å². The van der Waals surface area contributed by atoms with Crippen LogP contribution in [0.15, 0.2) is 42.5 Å². The molecule has 2 atom stereocenters. The zero-order chi connectivity index (χ0) is 20.8. The molecular formula is C22H26N2O4S. The number of benzene rings is 2. The van der Waals surface area contributed by atoms with Gasteiger partial charge in [-0.15, -0.1) is 0 Å². The van der Waals surface area contributed by atoms with Crippen molar-refractivity contribution in [3.05, 3.63) is 64.7 Å². The number of carbonyl (C=O) groups is 2. The molecule has 154 valence electrons. The first kappa shape index (κ1) is 21.2. The highest BCUT2D eigenvalue weighted by molar-refractivity contribution is 7.86. The second kappa shape index (κ2) is 9.80. The number of aryl methyl sites for hydroxylation is 2. The molecule has 0 radical (unpaired) electrons. The van der Waals surface area contributed by atoms with Crippen LogP contribution in [0, 0.1) is 13.8 Å². The maximum absolute atomic E-state index is 12.2. The maximum atomic E-state index is 12.2. The van der Waals surface area contributed by atoms with Gasteiger partial charge in [0.25, 0.3) is 0 Å². The second-order valence-corrected chi connectivity index (χ2v) is 8.72. The van der Waals surface area contributed by atoms with E-state index in [0.29, 0.717) is 18.8 Å². The molecule has 3 rings (SSSR count). The average molecular weight is 415 g/mol. The van der Waals surface area contributed by atoms with Crippen LogP contribution in [0.5, 0.6) is 0 Å². The van der Waals surface area contributed by atoms with Crippen LogP contribution < -0.4 is 10.6 Å². The van der Waals surface area contributed by atoms with E-state index < -0.39 is 10.8 Å². The number of hydrogen-bond acceptors (Lipinski definition) is 4. The number of nitrogens with one attached hydrogen (secondary N) is 2. The van der Waals surface area contributed by atoms with Crippen LogP contribution in [0.2, 0.25) is 0 Å². The molecule has 2 unspecified atom stereocenters. The van der Waals surface area contributed by atoms with Gasteiger partial charge in [0.1, 0.15) is 17.6 Å². The molecule has 2 aromatic rings. The van der Waals surface area contributed by atoms with Crippen molar-refractivity contribution in [3.63, 3.8) is 0 Å². The summed E-state index contributed by atoms with van der Waals surface area (Å²) in [4.78, 5) is 24.3. The molecule has 0 bridgehead atoms. The van der Waals surface area contributed by atoms with Gasteiger partial charge in [-0.25, -0.2) is 0 Å². The van der Waals surface area contributed by atoms with Gasteiger partial charge in [0.05, 0.1) is 6.61 Å². The van der Waals surface area contributed by atoms with Crippen molar-refractivity contribution < 1.29 is 18.5 Å². The second-order valence-electron chi connectivity index (χ2n) is 7.27. The monoisotopic (exact) mass is 414 g/mol. The van der Waals surface area contributed by atoms with Gasteiger partial charge in [-0.2, -0.15) is 0 Å². The maximum Gasteiger partial charge on any atom is 0.237 e. The molecule has 0 fully saturated rings. The van der Waals surface area contributed by atoms with Crippen LogP contribution in [0.3, 0.4) is 0 Å². The fraction of sp³-hybridized carbons (Fsp3) is 0.364. The quantitative estimate of drug-likeness (QED) is 0.729. The van der Waals surface area contributed by atoms with Gasteiger partial charge < -0.3 is 15.4 Å². The molecule has 0 aromatic heterocycles. The summed E-state index contributed by atoms with van der Waals surface area (Å²) in [6, 6.07) is 13.7. The molecule has 0 saturated heterocycles. The lowest BCUT2D eigenvalue weighted by molar-refractivity contribution is -0.119. The van der Waals surface area contributed by atoms with Crippen molar-refractivity contribution in [3.8, 4) is 0 Å². The molecule has 1 aliphatic rings. The molecule has 0 aliphatic carbocycles. The van der Waals surface area contributed by atoms with E-state index in [0.717, 1.165) is 23.1 Å². The predicted molar refractivity (Wildman–Crippen MR) is 114 cm³/mol. The van der Waals surface area contributed by atoms with E-state index in [1.165, 1.54) is 5.56 Å². The predicted octanol–water partition coefficient (Wildman–Crippen LogP) is 2.42. The summed E-state index contributed by atoms with van der Waals surface area (Å²) >= 11 is 0. The lowest BCUT2D eigenvalue weighted by Gasteiger charge is -2.26. The van der Waals surface area contributed by atoms with Crippen LogP contribution in [0.1, 0.15) is 28.4 Å². The zero-order valence-electron chi connectivity index (χ0n) is 16.7. The summed E-state index contributed by atoms with van der Waals surface area (Å²) in [5.41, 5.74) is 5.04. The molecule has 2 N–H and O–H groups in total. The Bertz CT molecular complexity index is 909. The van der Waals surface area contributed by atoms with Gasteiger partial charge in [-0.3, -0.25) is 13.8 Å². The van der Waals surface area contributed by atoms with Gasteiger partial charge in [-0.05, 0) is 54.7 Å². The van der Waals surface area contributed by atoms with E-state index >= 15 is 0 Å². The third-order valence-electron chi connectivity index (χ3n) is 4.67. The van der Waals surface area contributed by atoms with Gasteiger partial charge in [0.15, 0.2) is 0 Å². The molecule has 7 heteroatoms. The smallest absolute Gasteiger partial charge is 0.237 e. The molecule has 2 aromatic carbocycles. The van der Waals surface area contributed by atoms with Crippen LogP contribution in [-0.4, -0.2) is 40.7 Å². The summed E-state index contributed by atoms with van der Waals surface area (Å²) in [5, 5.41) is 5.51. The molecule has 6 nitrogen and oxygen atoms in total. The van der Waals surface area contributed by atoms with Gasteiger partial charge in [0, 0.05) is 23.0 Å². The Balaban J connectivity index is 1.45. The van der Waals surface area contributed by atoms with Crippen LogP contribution in [-0.2, 0) is 31.5 Å². The molecule has 29 heavy (non-hydrogen) atoms. The number of rotatable bonds is 7. The normalized spacial score (nSPS) is 16.6. The molecule has 1 heterocycles. The van der Waals surface area contributed by atoms with E-state index in [4.69, 9.17) is 4.74 Å². The Hall–Kier alpha value is -2.51. The summed E-state index contributed by atoms with van der Waals surface area (Å²) in [6.45, 7) is 4.82. The first-order chi connectivity index (χ1) is 13.9. The fourth-order valence-corrected chi connectivity index (χ4v) is 4.35. The lowest BCUT2D eigenvalue weighted by atomic mass is 9.97. The average Bonchev–Trinajstić information content (AvgIpc) is 2.65. The first-order valence-corrected chi connectivity index (χ1v) is 11.1. The minimum Gasteiger partial charge on any atom is -0.371 e. The van der Waals surface area contributed by atoms with Crippen LogP contribution in [0.4, 0.5) is 5.69 Å². The standard InChI is InChI=1S/C22H26N2O4S/c1-15-9-16(2)11-18(10-15)24-22(26)14-29(27)13-21(25)23-12-20-19-6-4-3-5-17(19)7-8-28-20/h3-6,9-11,20H,7-8,12-14H2,1-2H3,(H,23,25)(H,24,26). The topological polar surface area (TPSA) is 84.5 Å². The molecule has 1 aliphatic heterocycles. The Labute approximate surface area is 173 Å². The number of amides is 2. The number of ether oxygens (including phenoxy) is 1. The Morgan fingerprint density at radius 2 is 1.76 bits per heavy atom. The number of fused-ring (bicyclic) bond motifs is 1. The van der Waals surface area contributed by atoms with E-state index in [-0.39, 0.29) is 29.4 Å². The molecule has 2 amide bonds. The van der Waals surface area contributed by atoms with Crippen molar-refractivity contribution in [2.45, 2.75) is 26.4 Å². The third kappa shape index (κ3) is 6.24. The van der Waals surface area contributed by atoms with Crippen LogP contribution in [0.25, 0.3) is 0 Å². The molecule has 0 spiro atoms. The summed E-state index contributed by atoms with van der Waals surface area (Å²) < 4.78 is 18.0. The SMILES string of the molecule is Cc1cc(C)cc(NC(=O)CS(=O)CC(=O)NCC2OCCc3ccccc32)c1. The third-order valence-corrected chi connectivity index (χ3v) is 5.83. The lowest BCUT2D eigenvalue weighted by Crippen LogP contribution is -2.35. The minimum absolute atomic E-state index is 0.204. The van der Waals surface area contributed by atoms with Crippen molar-refractivity contribution in [2.75, 3.05) is 30.0 Å². The number of hydrogen-bond donors (Lipinski definition) is 2. The highest BCUT2D eigenvalue weighted by Crippen LogP contribution is 2.26. The summed E-state index contributed by atoms with van der Waals surface area (Å²) in [6.07, 6.45) is 0.658. The van der Waals surface area contributed by atoms with E-state index in [1.54, 1.807) is 0 Å². The number of carbonyl (C=O) groups excluding carboxylic acids is 2. The van der Waals surface area contributed by atoms with E-state index in [9.17, 15) is 13.8 Å². The van der Waals surface area contributed by atoms with Crippen LogP contribution >= 0.6 is 0 Å². The highest BCUT2D eigenvalue weighted by Gasteiger charge is 2.21. The van der Waals surface area contributed by atoms with Gasteiger partial charge >= 0.3 is 0 Å². The molecular weight excluding hydrogens is 388 g/mol. The fourth-order valence-electron chi connectivity index (χ4n) is 3.49. The summed E-state index contributed by atoms with van der Waals surface area (Å²) in [7, 11) is -1.58. The van der Waals surface area contributed by atoms with Crippen molar-refractivity contribution in [1.82, 2.24) is 5.32 Å². The minimum atomic E-state index is -1.58. The van der Waals surface area contributed by atoms with E-state index in [2.05, 4.69) is 16.7 Å². The zero-order valence-corrected chi connectivity index (χ0v) is 17.5. The first-order valence-electron chi connectivity index (χ1n) is 9.60. The summed E-state index contributed by atoms with van der Waals surface area (Å²) in [5.74, 6) is -1.16. The highest BCUT2D eigenvalue weighted by atomic mass is 32.2. The van der Waals surface area contributed by atoms with Gasteiger partial charge in [-0.1, -0.05) is 30.3 Å². The van der Waals surface area contributed by atoms with Crippen molar-refractivity contribution in [1.29, 1.82) is 0 Å².